The molecule has 0 fully saturated rings. The van der Waals surface area contributed by atoms with E-state index in [2.05, 4.69) is 15.5 Å². The van der Waals surface area contributed by atoms with Crippen LogP contribution in [0.15, 0.2) is 104 Å². The summed E-state index contributed by atoms with van der Waals surface area (Å²) in [5.74, 6) is 0.118. The van der Waals surface area contributed by atoms with Gasteiger partial charge in [-0.2, -0.15) is 10.2 Å². The molecule has 4 rings (SSSR count). The molecule has 0 spiro atoms. The van der Waals surface area contributed by atoms with Gasteiger partial charge in [0.25, 0.3) is 5.91 Å². The topological polar surface area (TPSA) is 93.3 Å². The summed E-state index contributed by atoms with van der Waals surface area (Å²) in [7, 11) is 0. The van der Waals surface area contributed by atoms with Crippen LogP contribution in [0.25, 0.3) is 11.0 Å². The Morgan fingerprint density at radius 3 is 2.33 bits per heavy atom. The Labute approximate surface area is 171 Å². The number of benzene rings is 3. The van der Waals surface area contributed by atoms with Crippen LogP contribution in [0.2, 0.25) is 0 Å². The van der Waals surface area contributed by atoms with Crippen LogP contribution in [0.4, 0.5) is 17.1 Å². The molecule has 0 aliphatic carbocycles. The van der Waals surface area contributed by atoms with Gasteiger partial charge >= 0.3 is 5.63 Å². The van der Waals surface area contributed by atoms with Crippen molar-refractivity contribution in [3.05, 3.63) is 95.3 Å². The molecule has 4 aromatic rings. The molecule has 1 aromatic heterocycles. The van der Waals surface area contributed by atoms with Gasteiger partial charge in [0.2, 0.25) is 0 Å². The fraction of sp³-hybridized carbons (Fsp3) is 0.0435. The normalized spacial score (nSPS) is 10.9. The highest BCUT2D eigenvalue weighted by molar-refractivity contribution is 5.92. The zero-order chi connectivity index (χ0) is 20.8. The smallest absolute Gasteiger partial charge is 0.336 e. The second kappa shape index (κ2) is 8.83. The molecule has 7 heteroatoms. The summed E-state index contributed by atoms with van der Waals surface area (Å²) in [6.07, 6.45) is 0. The van der Waals surface area contributed by atoms with Crippen LogP contribution in [0.5, 0.6) is 5.75 Å². The molecule has 148 valence electrons. The quantitative estimate of drug-likeness (QED) is 0.355. The van der Waals surface area contributed by atoms with Crippen LogP contribution in [0, 0.1) is 0 Å². The summed E-state index contributed by atoms with van der Waals surface area (Å²) in [6, 6.07) is 24.5. The fourth-order valence-electron chi connectivity index (χ4n) is 2.70. The van der Waals surface area contributed by atoms with Crippen LogP contribution < -0.4 is 15.7 Å². The van der Waals surface area contributed by atoms with E-state index in [9.17, 15) is 9.59 Å². The molecule has 0 saturated carbocycles. The Morgan fingerprint density at radius 2 is 1.57 bits per heavy atom. The molecule has 1 heterocycles. The van der Waals surface area contributed by atoms with Crippen molar-refractivity contribution < 1.29 is 13.9 Å². The summed E-state index contributed by atoms with van der Waals surface area (Å²) in [4.78, 5) is 23.5. The maximum Gasteiger partial charge on any atom is 0.336 e. The average Bonchev–Trinajstić information content (AvgIpc) is 2.77. The number of nitrogens with zero attached hydrogens (tertiary/aromatic N) is 2. The van der Waals surface area contributed by atoms with Gasteiger partial charge in [0, 0.05) is 23.2 Å². The molecule has 0 bridgehead atoms. The summed E-state index contributed by atoms with van der Waals surface area (Å²) < 4.78 is 10.6. The molecule has 1 amide bonds. The van der Waals surface area contributed by atoms with E-state index in [1.807, 2.05) is 30.3 Å². The number of hydrogen-bond donors (Lipinski definition) is 1. The standard InChI is InChI=1S/C23H17N3O4/c27-22(15-29-20-12-6-16-7-13-23(28)30-21(16)14-20)24-17-8-10-19(11-9-17)26-25-18-4-2-1-3-5-18/h1-14H,15H2,(H,24,27). The third-order valence-electron chi connectivity index (χ3n) is 4.15. The van der Waals surface area contributed by atoms with Gasteiger partial charge < -0.3 is 14.5 Å². The lowest BCUT2D eigenvalue weighted by Gasteiger charge is -2.08. The summed E-state index contributed by atoms with van der Waals surface area (Å²) >= 11 is 0. The van der Waals surface area contributed by atoms with E-state index < -0.39 is 5.63 Å². The summed E-state index contributed by atoms with van der Waals surface area (Å²) in [6.45, 7) is -0.183. The van der Waals surface area contributed by atoms with Crippen molar-refractivity contribution in [3.8, 4) is 5.75 Å². The molecule has 1 N–H and O–H groups in total. The van der Waals surface area contributed by atoms with Crippen molar-refractivity contribution in [2.45, 2.75) is 0 Å². The maximum atomic E-state index is 12.1. The number of rotatable bonds is 6. The van der Waals surface area contributed by atoms with Gasteiger partial charge in [-0.05, 0) is 54.6 Å². The summed E-state index contributed by atoms with van der Waals surface area (Å²) in [5, 5.41) is 11.8. The monoisotopic (exact) mass is 399 g/mol. The first-order chi connectivity index (χ1) is 14.7. The van der Waals surface area contributed by atoms with Crippen molar-refractivity contribution in [1.29, 1.82) is 0 Å². The SMILES string of the molecule is O=C(COc1ccc2ccc(=O)oc2c1)Nc1ccc(N=Nc2ccccc2)cc1. The minimum Gasteiger partial charge on any atom is -0.484 e. The first-order valence-corrected chi connectivity index (χ1v) is 9.19. The Bertz CT molecular complexity index is 1250. The Hall–Kier alpha value is -4.26. The second-order valence-electron chi connectivity index (χ2n) is 6.37. The first kappa shape index (κ1) is 19.1. The Morgan fingerprint density at radius 1 is 0.867 bits per heavy atom. The van der Waals surface area contributed by atoms with Crippen LogP contribution in [0.3, 0.4) is 0 Å². The molecular weight excluding hydrogens is 382 g/mol. The molecule has 0 radical (unpaired) electrons. The number of amides is 1. The van der Waals surface area contributed by atoms with Crippen LogP contribution in [-0.4, -0.2) is 12.5 Å². The molecule has 0 aliphatic heterocycles. The lowest BCUT2D eigenvalue weighted by atomic mass is 10.2. The van der Waals surface area contributed by atoms with Gasteiger partial charge in [0.1, 0.15) is 11.3 Å². The maximum absolute atomic E-state index is 12.1. The number of anilines is 1. The van der Waals surface area contributed by atoms with Gasteiger partial charge in [-0.1, -0.05) is 18.2 Å². The van der Waals surface area contributed by atoms with Crippen LogP contribution in [-0.2, 0) is 4.79 Å². The second-order valence-corrected chi connectivity index (χ2v) is 6.37. The zero-order valence-corrected chi connectivity index (χ0v) is 15.8. The number of ether oxygens (including phenoxy) is 1. The third-order valence-corrected chi connectivity index (χ3v) is 4.15. The molecule has 0 unspecified atom stereocenters. The number of azo groups is 1. The van der Waals surface area contributed by atoms with Crippen LogP contribution >= 0.6 is 0 Å². The summed E-state index contributed by atoms with van der Waals surface area (Å²) in [5.41, 5.74) is 2.02. The predicted molar refractivity (Wildman–Crippen MR) is 114 cm³/mol. The molecule has 30 heavy (non-hydrogen) atoms. The number of hydrogen-bond acceptors (Lipinski definition) is 6. The van der Waals surface area contributed by atoms with E-state index in [0.717, 1.165) is 11.1 Å². The Balaban J connectivity index is 1.32. The third kappa shape index (κ3) is 4.96. The predicted octanol–water partition coefficient (Wildman–Crippen LogP) is 5.23. The largest absolute Gasteiger partial charge is 0.484 e. The van der Waals surface area contributed by atoms with Crippen LogP contribution in [0.1, 0.15) is 0 Å². The van der Waals surface area contributed by atoms with Gasteiger partial charge in [-0.25, -0.2) is 4.79 Å². The highest BCUT2D eigenvalue weighted by atomic mass is 16.5. The van der Waals surface area contributed by atoms with Gasteiger partial charge in [0.05, 0.1) is 11.4 Å². The molecule has 0 atom stereocenters. The first-order valence-electron chi connectivity index (χ1n) is 9.19. The van der Waals surface area contributed by atoms with Crippen molar-refractivity contribution >= 4 is 33.9 Å². The lowest BCUT2D eigenvalue weighted by molar-refractivity contribution is -0.118. The molecule has 0 saturated heterocycles. The molecular formula is C23H17N3O4. The van der Waals surface area contributed by atoms with E-state index in [0.29, 0.717) is 22.7 Å². The van der Waals surface area contributed by atoms with Crippen molar-refractivity contribution in [3.63, 3.8) is 0 Å². The van der Waals surface area contributed by atoms with E-state index in [1.165, 1.54) is 6.07 Å². The fourth-order valence-corrected chi connectivity index (χ4v) is 2.70. The zero-order valence-electron chi connectivity index (χ0n) is 15.8. The van der Waals surface area contributed by atoms with E-state index in [-0.39, 0.29) is 12.5 Å². The van der Waals surface area contributed by atoms with Crippen molar-refractivity contribution in [2.75, 3.05) is 11.9 Å². The minimum atomic E-state index is -0.441. The van der Waals surface area contributed by atoms with Gasteiger partial charge in [0.15, 0.2) is 6.61 Å². The van der Waals surface area contributed by atoms with E-state index >= 15 is 0 Å². The molecule has 3 aromatic carbocycles. The van der Waals surface area contributed by atoms with E-state index in [1.54, 1.807) is 48.5 Å². The number of fused-ring (bicyclic) bond motifs is 1. The minimum absolute atomic E-state index is 0.183. The molecule has 0 aliphatic rings. The highest BCUT2D eigenvalue weighted by Gasteiger charge is 2.06. The number of carbonyl (C=O) groups excluding carboxylic acids is 1. The molecule has 7 nitrogen and oxygen atoms in total. The lowest BCUT2D eigenvalue weighted by Crippen LogP contribution is -2.20. The van der Waals surface area contributed by atoms with E-state index in [4.69, 9.17) is 9.15 Å². The number of carbonyl (C=O) groups is 1. The van der Waals surface area contributed by atoms with Crippen molar-refractivity contribution in [1.82, 2.24) is 0 Å². The van der Waals surface area contributed by atoms with Gasteiger partial charge in [-0.15, -0.1) is 0 Å². The van der Waals surface area contributed by atoms with Gasteiger partial charge in [-0.3, -0.25) is 4.79 Å². The average molecular weight is 399 g/mol. The highest BCUT2D eigenvalue weighted by Crippen LogP contribution is 2.21. The van der Waals surface area contributed by atoms with Crippen molar-refractivity contribution in [2.24, 2.45) is 10.2 Å². The number of nitrogens with one attached hydrogen (secondary N) is 1. The Kier molecular flexibility index (Phi) is 5.61.